The van der Waals surface area contributed by atoms with Crippen molar-refractivity contribution in [3.63, 3.8) is 0 Å². The fourth-order valence-corrected chi connectivity index (χ4v) is 4.46. The van der Waals surface area contributed by atoms with E-state index >= 15 is 0 Å². The van der Waals surface area contributed by atoms with E-state index in [9.17, 15) is 13.0 Å². The van der Waals surface area contributed by atoms with Crippen LogP contribution in [0.5, 0.6) is 0 Å². The molecule has 0 amide bonds. The molecule has 4 nitrogen and oxygen atoms in total. The van der Waals surface area contributed by atoms with Crippen LogP contribution >= 0.6 is 22.7 Å². The number of thiazole rings is 1. The van der Waals surface area contributed by atoms with E-state index in [0.29, 0.717) is 4.83 Å². The van der Waals surface area contributed by atoms with Gasteiger partial charge >= 0.3 is 51.4 Å². The van der Waals surface area contributed by atoms with Crippen molar-refractivity contribution in [3.05, 3.63) is 36.4 Å². The Labute approximate surface area is 160 Å². The molecule has 0 aliphatic carbocycles. The molecule has 0 aliphatic rings. The van der Waals surface area contributed by atoms with Crippen molar-refractivity contribution < 1.29 is 64.4 Å². The van der Waals surface area contributed by atoms with Gasteiger partial charge in [-0.05, 0) is 11.6 Å². The Morgan fingerprint density at radius 2 is 1.79 bits per heavy atom. The zero-order valence-corrected chi connectivity index (χ0v) is 15.4. The third-order valence-electron chi connectivity index (χ3n) is 2.34. The van der Waals surface area contributed by atoms with E-state index in [2.05, 4.69) is 4.98 Å². The second kappa shape index (κ2) is 6.00. The summed E-state index contributed by atoms with van der Waals surface area (Å²) >= 11 is 2.30. The van der Waals surface area contributed by atoms with Gasteiger partial charge in [0.1, 0.15) is 4.83 Å². The molecule has 0 unspecified atom stereocenters. The summed E-state index contributed by atoms with van der Waals surface area (Å²) < 4.78 is 32.9. The van der Waals surface area contributed by atoms with Crippen molar-refractivity contribution in [2.24, 2.45) is 0 Å². The molecule has 2 heterocycles. The average molecular weight is 335 g/mol. The molecule has 0 saturated heterocycles. The van der Waals surface area contributed by atoms with Crippen LogP contribution in [0, 0.1) is 0 Å². The van der Waals surface area contributed by atoms with Crippen molar-refractivity contribution in [2.45, 2.75) is 4.34 Å². The van der Waals surface area contributed by atoms with E-state index in [-0.39, 0.29) is 55.7 Å². The van der Waals surface area contributed by atoms with Crippen molar-refractivity contribution in [1.29, 1.82) is 0 Å². The van der Waals surface area contributed by atoms with Crippen LogP contribution in [-0.2, 0) is 10.1 Å². The van der Waals surface area contributed by atoms with E-state index in [1.165, 1.54) is 11.3 Å². The van der Waals surface area contributed by atoms with Gasteiger partial charge in [-0.15, -0.1) is 22.7 Å². The van der Waals surface area contributed by atoms with Crippen LogP contribution in [0.1, 0.15) is 0 Å². The van der Waals surface area contributed by atoms with E-state index in [4.69, 9.17) is 0 Å². The smallest absolute Gasteiger partial charge is 0.742 e. The molecule has 0 atom stereocenters. The first-order chi connectivity index (χ1) is 8.54. The Balaban J connectivity index is 0.00000133. The van der Waals surface area contributed by atoms with Gasteiger partial charge in [0.25, 0.3) is 0 Å². The van der Waals surface area contributed by atoms with Gasteiger partial charge < -0.3 is 4.55 Å². The first-order valence-electron chi connectivity index (χ1n) is 4.96. The van der Waals surface area contributed by atoms with Gasteiger partial charge in [-0.25, -0.2) is 13.4 Å². The van der Waals surface area contributed by atoms with Gasteiger partial charge in [-0.2, -0.15) is 0 Å². The molecule has 0 bridgehead atoms. The number of rotatable bonds is 2. The minimum absolute atomic E-state index is 0. The van der Waals surface area contributed by atoms with Crippen molar-refractivity contribution in [3.8, 4) is 10.4 Å². The largest absolute Gasteiger partial charge is 1.00 e. The van der Waals surface area contributed by atoms with Gasteiger partial charge in [0.2, 0.25) is 0 Å². The molecular formula is C11H6KNO3S3. The van der Waals surface area contributed by atoms with Crippen LogP contribution in [0.3, 0.4) is 0 Å². The zero-order chi connectivity index (χ0) is 12.8. The first-order valence-corrected chi connectivity index (χ1v) is 8.00. The minimum Gasteiger partial charge on any atom is -0.742 e. The first kappa shape index (κ1) is 15.7. The van der Waals surface area contributed by atoms with Gasteiger partial charge in [0, 0.05) is 4.88 Å². The monoisotopic (exact) mass is 335 g/mol. The summed E-state index contributed by atoms with van der Waals surface area (Å²) in [5.41, 5.74) is 1.05. The second-order valence-electron chi connectivity index (χ2n) is 3.58. The maximum atomic E-state index is 10.9. The molecule has 0 aliphatic heterocycles. The fraction of sp³-hybridized carbons (Fsp3) is 0. The standard InChI is InChI=1S/C11H7NO3S3.K/c13-18(14,15)11-12-10-9(17-11)6-8(16-10)7-4-2-1-3-5-7;/h1-6H,(H,13,14,15);/q;+1/p-1. The molecule has 2 aromatic heterocycles. The van der Waals surface area contributed by atoms with Gasteiger partial charge in [0.05, 0.1) is 4.70 Å². The summed E-state index contributed by atoms with van der Waals surface area (Å²) in [6, 6.07) is 11.6. The molecule has 19 heavy (non-hydrogen) atoms. The summed E-state index contributed by atoms with van der Waals surface area (Å²) in [5, 5.41) is 0. The molecule has 0 spiro atoms. The van der Waals surface area contributed by atoms with Gasteiger partial charge in [-0.3, -0.25) is 0 Å². The van der Waals surface area contributed by atoms with Crippen LogP contribution in [0.15, 0.2) is 40.7 Å². The molecule has 0 N–H and O–H groups in total. The maximum absolute atomic E-state index is 10.9. The topological polar surface area (TPSA) is 70.1 Å². The third kappa shape index (κ3) is 3.34. The quantitative estimate of drug-likeness (QED) is 0.486. The Bertz CT molecular complexity index is 777. The summed E-state index contributed by atoms with van der Waals surface area (Å²) in [6.07, 6.45) is 0. The SMILES string of the molecule is O=S(=O)([O-])c1nc2sc(-c3ccccc3)cc2s1.[K+]. The Morgan fingerprint density at radius 1 is 1.11 bits per heavy atom. The molecule has 8 heteroatoms. The van der Waals surface area contributed by atoms with Crippen LogP contribution < -0.4 is 51.4 Å². The normalized spacial score (nSPS) is 11.4. The molecule has 0 radical (unpaired) electrons. The number of hydrogen-bond donors (Lipinski definition) is 0. The number of benzene rings is 1. The van der Waals surface area contributed by atoms with E-state index < -0.39 is 10.1 Å². The fourth-order valence-electron chi connectivity index (χ4n) is 1.57. The molecular weight excluding hydrogens is 329 g/mol. The number of hydrogen-bond acceptors (Lipinski definition) is 6. The van der Waals surface area contributed by atoms with E-state index in [0.717, 1.165) is 26.5 Å². The molecule has 3 rings (SSSR count). The number of thiophene rings is 1. The predicted molar refractivity (Wildman–Crippen MR) is 70.9 cm³/mol. The van der Waals surface area contributed by atoms with E-state index in [1.807, 2.05) is 36.4 Å². The summed E-state index contributed by atoms with van der Waals surface area (Å²) in [4.78, 5) is 5.47. The van der Waals surface area contributed by atoms with Crippen LogP contribution in [0.4, 0.5) is 0 Å². The molecule has 0 fully saturated rings. The predicted octanol–water partition coefficient (Wildman–Crippen LogP) is -0.0671. The summed E-state index contributed by atoms with van der Waals surface area (Å²) in [7, 11) is -4.45. The number of fused-ring (bicyclic) bond motifs is 1. The van der Waals surface area contributed by atoms with Crippen LogP contribution in [0.25, 0.3) is 20.0 Å². The van der Waals surface area contributed by atoms with E-state index in [1.54, 1.807) is 0 Å². The van der Waals surface area contributed by atoms with Crippen LogP contribution in [-0.4, -0.2) is 18.0 Å². The molecule has 1 aromatic carbocycles. The third-order valence-corrected chi connectivity index (χ3v) is 5.73. The van der Waals surface area contributed by atoms with Crippen molar-refractivity contribution in [1.82, 2.24) is 4.98 Å². The van der Waals surface area contributed by atoms with Gasteiger partial charge in [-0.1, -0.05) is 30.3 Å². The second-order valence-corrected chi connectivity index (χ2v) is 7.19. The Morgan fingerprint density at radius 3 is 2.37 bits per heavy atom. The molecule has 3 aromatic rings. The minimum atomic E-state index is -4.45. The average Bonchev–Trinajstić information content (AvgIpc) is 2.86. The number of aromatic nitrogens is 1. The van der Waals surface area contributed by atoms with Gasteiger partial charge in [0.15, 0.2) is 14.5 Å². The Hall–Kier alpha value is 0.356. The number of nitrogens with zero attached hydrogens (tertiary/aromatic N) is 1. The summed E-state index contributed by atoms with van der Waals surface area (Å²) in [5.74, 6) is 0. The van der Waals surface area contributed by atoms with Crippen molar-refractivity contribution in [2.75, 3.05) is 0 Å². The molecule has 0 saturated carbocycles. The molecule has 92 valence electrons. The van der Waals surface area contributed by atoms with Crippen molar-refractivity contribution >= 4 is 42.3 Å². The zero-order valence-electron chi connectivity index (χ0n) is 9.86. The Kier molecular flexibility index (Phi) is 4.97. The summed E-state index contributed by atoms with van der Waals surface area (Å²) in [6.45, 7) is 0. The van der Waals surface area contributed by atoms with Crippen LogP contribution in [0.2, 0.25) is 0 Å². The maximum Gasteiger partial charge on any atom is 1.00 e.